The van der Waals surface area contributed by atoms with Crippen molar-refractivity contribution in [1.29, 1.82) is 0 Å². The van der Waals surface area contributed by atoms with Gasteiger partial charge in [-0.2, -0.15) is 0 Å². The Hall–Kier alpha value is -3.35. The number of pyridine rings is 1. The number of hydrogen-bond donors (Lipinski definition) is 1. The van der Waals surface area contributed by atoms with Crippen molar-refractivity contribution in [2.75, 3.05) is 11.9 Å². The van der Waals surface area contributed by atoms with E-state index in [2.05, 4.69) is 15.5 Å². The molecule has 1 aromatic carbocycles. The van der Waals surface area contributed by atoms with Gasteiger partial charge in [0, 0.05) is 30.4 Å². The van der Waals surface area contributed by atoms with E-state index in [0.29, 0.717) is 31.0 Å². The second-order valence-electron chi connectivity index (χ2n) is 6.48. The zero-order valence-electron chi connectivity index (χ0n) is 15.0. The highest BCUT2D eigenvalue weighted by Crippen LogP contribution is 2.24. The Morgan fingerprint density at radius 1 is 1.30 bits per heavy atom. The van der Waals surface area contributed by atoms with E-state index in [1.807, 2.05) is 43.3 Å². The number of hydrogen-bond acceptors (Lipinski definition) is 5. The molecule has 0 spiro atoms. The third-order valence-electron chi connectivity index (χ3n) is 4.51. The molecule has 1 N–H and O–H groups in total. The fourth-order valence-electron chi connectivity index (χ4n) is 2.97. The maximum absolute atomic E-state index is 12.6. The van der Waals surface area contributed by atoms with Gasteiger partial charge in [0.05, 0.1) is 12.7 Å². The molecule has 2 aromatic heterocycles. The summed E-state index contributed by atoms with van der Waals surface area (Å²) in [5.41, 5.74) is 3.56. The SMILES string of the molecule is Cc1ccc(NC(=O)N2CCc3onc(COc4cccnc4)c3C2)cc1. The summed E-state index contributed by atoms with van der Waals surface area (Å²) < 4.78 is 11.1. The van der Waals surface area contributed by atoms with E-state index in [9.17, 15) is 4.79 Å². The molecule has 4 rings (SSSR count). The highest BCUT2D eigenvalue weighted by molar-refractivity contribution is 5.89. The first kappa shape index (κ1) is 17.1. The summed E-state index contributed by atoms with van der Waals surface area (Å²) in [4.78, 5) is 18.4. The number of urea groups is 1. The molecule has 0 fully saturated rings. The van der Waals surface area contributed by atoms with Gasteiger partial charge in [0.25, 0.3) is 0 Å². The van der Waals surface area contributed by atoms with Gasteiger partial charge in [-0.25, -0.2) is 4.79 Å². The fourth-order valence-corrected chi connectivity index (χ4v) is 2.97. The second kappa shape index (κ2) is 7.49. The van der Waals surface area contributed by atoms with E-state index in [1.54, 1.807) is 17.3 Å². The number of benzene rings is 1. The quantitative estimate of drug-likeness (QED) is 0.766. The van der Waals surface area contributed by atoms with Crippen LogP contribution in [0.2, 0.25) is 0 Å². The molecule has 7 heteroatoms. The van der Waals surface area contributed by atoms with Crippen LogP contribution in [0.1, 0.15) is 22.6 Å². The van der Waals surface area contributed by atoms with Gasteiger partial charge in [0.15, 0.2) is 0 Å². The number of aromatic nitrogens is 2. The first-order valence-corrected chi connectivity index (χ1v) is 8.81. The Labute approximate surface area is 156 Å². The van der Waals surface area contributed by atoms with Crippen LogP contribution in [0.25, 0.3) is 0 Å². The molecule has 0 saturated heterocycles. The van der Waals surface area contributed by atoms with Crippen molar-refractivity contribution < 1.29 is 14.1 Å². The Bertz CT molecular complexity index is 922. The number of carbonyl (C=O) groups is 1. The number of ether oxygens (including phenoxy) is 1. The Morgan fingerprint density at radius 2 is 2.15 bits per heavy atom. The van der Waals surface area contributed by atoms with Crippen LogP contribution in [0.5, 0.6) is 5.75 Å². The number of fused-ring (bicyclic) bond motifs is 1. The number of nitrogens with zero attached hydrogens (tertiary/aromatic N) is 3. The molecule has 138 valence electrons. The minimum atomic E-state index is -0.134. The van der Waals surface area contributed by atoms with Gasteiger partial charge in [-0.1, -0.05) is 22.9 Å². The smallest absolute Gasteiger partial charge is 0.322 e. The van der Waals surface area contributed by atoms with E-state index in [1.165, 1.54) is 0 Å². The first-order valence-electron chi connectivity index (χ1n) is 8.81. The molecule has 3 heterocycles. The lowest BCUT2D eigenvalue weighted by atomic mass is 10.1. The number of carbonyl (C=O) groups excluding carboxylic acids is 1. The molecular weight excluding hydrogens is 344 g/mol. The lowest BCUT2D eigenvalue weighted by molar-refractivity contribution is 0.202. The predicted octanol–water partition coefficient (Wildman–Crippen LogP) is 3.55. The van der Waals surface area contributed by atoms with Crippen molar-refractivity contribution in [3.8, 4) is 5.75 Å². The molecule has 1 aliphatic rings. The minimum Gasteiger partial charge on any atom is -0.486 e. The lowest BCUT2D eigenvalue weighted by Crippen LogP contribution is -2.38. The van der Waals surface area contributed by atoms with Crippen molar-refractivity contribution >= 4 is 11.7 Å². The number of aryl methyl sites for hydroxylation is 1. The molecular formula is C20H20N4O3. The van der Waals surface area contributed by atoms with E-state index in [0.717, 1.165) is 22.6 Å². The molecule has 0 atom stereocenters. The van der Waals surface area contributed by atoms with Crippen LogP contribution in [0.3, 0.4) is 0 Å². The molecule has 0 aliphatic carbocycles. The first-order chi connectivity index (χ1) is 13.2. The monoisotopic (exact) mass is 364 g/mol. The van der Waals surface area contributed by atoms with Gasteiger partial charge >= 0.3 is 6.03 Å². The Balaban J connectivity index is 1.42. The summed E-state index contributed by atoms with van der Waals surface area (Å²) in [6.45, 7) is 3.32. The third kappa shape index (κ3) is 3.92. The van der Waals surface area contributed by atoms with E-state index in [-0.39, 0.29) is 12.6 Å². The maximum atomic E-state index is 12.6. The molecule has 3 aromatic rings. The van der Waals surface area contributed by atoms with Gasteiger partial charge in [0.2, 0.25) is 0 Å². The average Bonchev–Trinajstić information content (AvgIpc) is 3.11. The normalized spacial score (nSPS) is 13.1. The largest absolute Gasteiger partial charge is 0.486 e. The van der Waals surface area contributed by atoms with Crippen molar-refractivity contribution in [3.63, 3.8) is 0 Å². The lowest BCUT2D eigenvalue weighted by Gasteiger charge is -2.26. The van der Waals surface area contributed by atoms with Crippen molar-refractivity contribution in [2.24, 2.45) is 0 Å². The van der Waals surface area contributed by atoms with Crippen molar-refractivity contribution in [1.82, 2.24) is 15.0 Å². The van der Waals surface area contributed by atoms with Crippen molar-refractivity contribution in [3.05, 3.63) is 71.4 Å². The summed E-state index contributed by atoms with van der Waals surface area (Å²) in [5, 5.41) is 7.06. The van der Waals surface area contributed by atoms with Gasteiger partial charge < -0.3 is 19.5 Å². The zero-order valence-corrected chi connectivity index (χ0v) is 15.0. The molecule has 0 radical (unpaired) electrons. The Morgan fingerprint density at radius 3 is 2.93 bits per heavy atom. The zero-order chi connectivity index (χ0) is 18.6. The Kier molecular flexibility index (Phi) is 4.74. The molecule has 0 saturated carbocycles. The highest BCUT2D eigenvalue weighted by Gasteiger charge is 2.27. The number of anilines is 1. The summed E-state index contributed by atoms with van der Waals surface area (Å²) in [6, 6.07) is 11.2. The van der Waals surface area contributed by atoms with E-state index >= 15 is 0 Å². The summed E-state index contributed by atoms with van der Waals surface area (Å²) in [7, 11) is 0. The molecule has 2 amide bonds. The van der Waals surface area contributed by atoms with E-state index < -0.39 is 0 Å². The molecule has 1 aliphatic heterocycles. The van der Waals surface area contributed by atoms with E-state index in [4.69, 9.17) is 9.26 Å². The standard InChI is InChI=1S/C20H20N4O3/c1-14-4-6-15(7-5-14)22-20(25)24-10-8-19-17(12-24)18(23-27-19)13-26-16-3-2-9-21-11-16/h2-7,9,11H,8,10,12-13H2,1H3,(H,22,25). The highest BCUT2D eigenvalue weighted by atomic mass is 16.5. The topological polar surface area (TPSA) is 80.5 Å². The number of nitrogens with one attached hydrogen (secondary N) is 1. The molecule has 7 nitrogen and oxygen atoms in total. The van der Waals surface area contributed by atoms with Crippen LogP contribution in [-0.2, 0) is 19.6 Å². The van der Waals surface area contributed by atoms with Crippen LogP contribution in [0, 0.1) is 6.92 Å². The van der Waals surface area contributed by atoms with Crippen LogP contribution in [-0.4, -0.2) is 27.6 Å². The number of rotatable bonds is 4. The van der Waals surface area contributed by atoms with Crippen LogP contribution < -0.4 is 10.1 Å². The summed E-state index contributed by atoms with van der Waals surface area (Å²) in [5.74, 6) is 1.48. The number of amides is 2. The van der Waals surface area contributed by atoms with Crippen molar-refractivity contribution in [2.45, 2.75) is 26.5 Å². The molecule has 27 heavy (non-hydrogen) atoms. The average molecular weight is 364 g/mol. The summed E-state index contributed by atoms with van der Waals surface area (Å²) >= 11 is 0. The van der Waals surface area contributed by atoms with Gasteiger partial charge in [-0.15, -0.1) is 0 Å². The second-order valence-corrected chi connectivity index (χ2v) is 6.48. The van der Waals surface area contributed by atoms with Crippen LogP contribution in [0.15, 0.2) is 53.3 Å². The minimum absolute atomic E-state index is 0.134. The van der Waals surface area contributed by atoms with Gasteiger partial charge in [-0.3, -0.25) is 4.98 Å². The molecule has 0 bridgehead atoms. The van der Waals surface area contributed by atoms with Gasteiger partial charge in [-0.05, 0) is 31.2 Å². The van der Waals surface area contributed by atoms with Gasteiger partial charge in [0.1, 0.15) is 23.8 Å². The summed E-state index contributed by atoms with van der Waals surface area (Å²) in [6.07, 6.45) is 3.97. The maximum Gasteiger partial charge on any atom is 0.322 e. The third-order valence-corrected chi connectivity index (χ3v) is 4.51. The van der Waals surface area contributed by atoms with Crippen LogP contribution in [0.4, 0.5) is 10.5 Å². The fraction of sp³-hybridized carbons (Fsp3) is 0.250. The van der Waals surface area contributed by atoms with Crippen LogP contribution >= 0.6 is 0 Å². The predicted molar refractivity (Wildman–Crippen MR) is 99.4 cm³/mol. The molecule has 0 unspecified atom stereocenters.